The SMILES string of the molecule is C=CC(=O)N[C@H](C)c1cccs1. The summed E-state index contributed by atoms with van der Waals surface area (Å²) < 4.78 is 0. The van der Waals surface area contributed by atoms with E-state index in [2.05, 4.69) is 11.9 Å². The summed E-state index contributed by atoms with van der Waals surface area (Å²) in [4.78, 5) is 12.1. The van der Waals surface area contributed by atoms with Gasteiger partial charge in [-0.15, -0.1) is 11.3 Å². The Morgan fingerprint density at radius 3 is 3.08 bits per heavy atom. The van der Waals surface area contributed by atoms with Crippen molar-refractivity contribution in [3.8, 4) is 0 Å². The quantitative estimate of drug-likeness (QED) is 0.711. The lowest BCUT2D eigenvalue weighted by molar-refractivity contribution is -0.117. The van der Waals surface area contributed by atoms with Gasteiger partial charge in [-0.1, -0.05) is 12.6 Å². The van der Waals surface area contributed by atoms with E-state index in [1.807, 2.05) is 24.4 Å². The lowest BCUT2D eigenvalue weighted by Crippen LogP contribution is -2.23. The van der Waals surface area contributed by atoms with Crippen molar-refractivity contribution in [3.05, 3.63) is 35.0 Å². The molecule has 0 aliphatic heterocycles. The van der Waals surface area contributed by atoms with E-state index in [1.165, 1.54) is 6.08 Å². The van der Waals surface area contributed by atoms with Crippen LogP contribution in [0.5, 0.6) is 0 Å². The van der Waals surface area contributed by atoms with Crippen molar-refractivity contribution < 1.29 is 4.79 Å². The second kappa shape index (κ2) is 4.07. The first-order valence-electron chi connectivity index (χ1n) is 3.70. The van der Waals surface area contributed by atoms with E-state index in [-0.39, 0.29) is 11.9 Å². The fraction of sp³-hybridized carbons (Fsp3) is 0.222. The molecule has 0 aliphatic rings. The number of thiophene rings is 1. The predicted octanol–water partition coefficient (Wildman–Crippen LogP) is 2.11. The van der Waals surface area contributed by atoms with Crippen LogP contribution in [0.1, 0.15) is 17.8 Å². The Bertz CT molecular complexity index is 266. The molecule has 0 aliphatic carbocycles. The van der Waals surface area contributed by atoms with Gasteiger partial charge in [0.05, 0.1) is 6.04 Å². The monoisotopic (exact) mass is 181 g/mol. The van der Waals surface area contributed by atoms with Crippen molar-refractivity contribution in [2.45, 2.75) is 13.0 Å². The maximum Gasteiger partial charge on any atom is 0.243 e. The molecule has 0 bridgehead atoms. The Morgan fingerprint density at radius 1 is 1.83 bits per heavy atom. The van der Waals surface area contributed by atoms with Crippen LogP contribution in [0.25, 0.3) is 0 Å². The van der Waals surface area contributed by atoms with Gasteiger partial charge in [-0.2, -0.15) is 0 Å². The van der Waals surface area contributed by atoms with Crippen LogP contribution in [-0.4, -0.2) is 5.91 Å². The average Bonchev–Trinajstić information content (AvgIpc) is 2.56. The smallest absolute Gasteiger partial charge is 0.243 e. The normalized spacial score (nSPS) is 12.1. The Hall–Kier alpha value is -1.09. The first-order valence-corrected chi connectivity index (χ1v) is 4.58. The van der Waals surface area contributed by atoms with Crippen molar-refractivity contribution >= 4 is 17.2 Å². The minimum absolute atomic E-state index is 0.0792. The topological polar surface area (TPSA) is 29.1 Å². The van der Waals surface area contributed by atoms with E-state index in [0.717, 1.165) is 4.88 Å². The molecular formula is C9H11NOS. The molecule has 0 fully saturated rings. The number of amides is 1. The van der Waals surface area contributed by atoms with E-state index in [0.29, 0.717) is 0 Å². The van der Waals surface area contributed by atoms with E-state index < -0.39 is 0 Å². The van der Waals surface area contributed by atoms with Crippen molar-refractivity contribution in [1.29, 1.82) is 0 Å². The zero-order valence-corrected chi connectivity index (χ0v) is 7.73. The van der Waals surface area contributed by atoms with E-state index in [4.69, 9.17) is 0 Å². The summed E-state index contributed by atoms with van der Waals surface area (Å²) in [5.41, 5.74) is 0. The first-order chi connectivity index (χ1) is 5.74. The second-order valence-electron chi connectivity index (χ2n) is 2.45. The lowest BCUT2D eigenvalue weighted by atomic mass is 10.3. The molecule has 1 aromatic heterocycles. The van der Waals surface area contributed by atoms with Gasteiger partial charge >= 0.3 is 0 Å². The number of hydrogen-bond acceptors (Lipinski definition) is 2. The first kappa shape index (κ1) is 9.00. The molecule has 2 nitrogen and oxygen atoms in total. The largest absolute Gasteiger partial charge is 0.345 e. The minimum atomic E-state index is -0.129. The summed E-state index contributed by atoms with van der Waals surface area (Å²) in [6.07, 6.45) is 1.28. The molecule has 12 heavy (non-hydrogen) atoms. The highest BCUT2D eigenvalue weighted by Crippen LogP contribution is 2.17. The zero-order valence-electron chi connectivity index (χ0n) is 6.91. The van der Waals surface area contributed by atoms with Gasteiger partial charge in [-0.05, 0) is 24.4 Å². The number of hydrogen-bond donors (Lipinski definition) is 1. The standard InChI is InChI=1S/C9H11NOS/c1-3-9(11)10-7(2)8-5-4-6-12-8/h3-7H,1H2,2H3,(H,10,11)/t7-/m1/s1. The van der Waals surface area contributed by atoms with E-state index in [9.17, 15) is 4.79 Å². The minimum Gasteiger partial charge on any atom is -0.345 e. The van der Waals surface area contributed by atoms with Gasteiger partial charge in [-0.25, -0.2) is 0 Å². The highest BCUT2D eigenvalue weighted by atomic mass is 32.1. The summed E-state index contributed by atoms with van der Waals surface area (Å²) in [6.45, 7) is 5.34. The van der Waals surface area contributed by atoms with E-state index in [1.54, 1.807) is 11.3 Å². The van der Waals surface area contributed by atoms with Crippen LogP contribution in [0.3, 0.4) is 0 Å². The number of rotatable bonds is 3. The molecule has 0 radical (unpaired) electrons. The Morgan fingerprint density at radius 2 is 2.58 bits per heavy atom. The molecule has 0 spiro atoms. The van der Waals surface area contributed by atoms with Crippen LogP contribution in [0.15, 0.2) is 30.2 Å². The molecule has 1 N–H and O–H groups in total. The van der Waals surface area contributed by atoms with Crippen LogP contribution < -0.4 is 5.32 Å². The number of carbonyl (C=O) groups excluding carboxylic acids is 1. The van der Waals surface area contributed by atoms with Gasteiger partial charge in [0.25, 0.3) is 0 Å². The predicted molar refractivity (Wildman–Crippen MR) is 51.1 cm³/mol. The molecule has 3 heteroatoms. The summed E-state index contributed by atoms with van der Waals surface area (Å²) in [7, 11) is 0. The third kappa shape index (κ3) is 2.20. The van der Waals surface area contributed by atoms with Gasteiger partial charge in [0.1, 0.15) is 0 Å². The average molecular weight is 181 g/mol. The maximum absolute atomic E-state index is 10.9. The Kier molecular flexibility index (Phi) is 3.05. The summed E-state index contributed by atoms with van der Waals surface area (Å²) in [6, 6.07) is 4.05. The lowest BCUT2D eigenvalue weighted by Gasteiger charge is -2.09. The second-order valence-corrected chi connectivity index (χ2v) is 3.43. The molecule has 64 valence electrons. The van der Waals surface area contributed by atoms with Crippen LogP contribution in [0, 0.1) is 0 Å². The maximum atomic E-state index is 10.9. The van der Waals surface area contributed by atoms with Crippen LogP contribution in [-0.2, 0) is 4.79 Å². The number of nitrogens with one attached hydrogen (secondary N) is 1. The van der Waals surface area contributed by atoms with Crippen molar-refractivity contribution in [1.82, 2.24) is 5.32 Å². The van der Waals surface area contributed by atoms with Gasteiger partial charge in [0.2, 0.25) is 5.91 Å². The van der Waals surface area contributed by atoms with Crippen LogP contribution in [0.2, 0.25) is 0 Å². The zero-order chi connectivity index (χ0) is 8.97. The fourth-order valence-electron chi connectivity index (χ4n) is 0.881. The van der Waals surface area contributed by atoms with Crippen molar-refractivity contribution in [2.75, 3.05) is 0 Å². The molecule has 0 unspecified atom stereocenters. The molecule has 1 aromatic rings. The molecule has 0 saturated carbocycles. The van der Waals surface area contributed by atoms with Gasteiger partial charge in [0, 0.05) is 4.88 Å². The van der Waals surface area contributed by atoms with Crippen LogP contribution in [0.4, 0.5) is 0 Å². The highest BCUT2D eigenvalue weighted by Gasteiger charge is 2.06. The molecule has 1 atom stereocenters. The molecular weight excluding hydrogens is 170 g/mol. The van der Waals surface area contributed by atoms with E-state index >= 15 is 0 Å². The fourth-order valence-corrected chi connectivity index (χ4v) is 1.62. The van der Waals surface area contributed by atoms with Crippen LogP contribution >= 0.6 is 11.3 Å². The Balaban J connectivity index is 2.55. The molecule has 1 amide bonds. The van der Waals surface area contributed by atoms with Crippen molar-refractivity contribution in [3.63, 3.8) is 0 Å². The number of carbonyl (C=O) groups is 1. The Labute approximate surface area is 75.9 Å². The van der Waals surface area contributed by atoms with Crippen molar-refractivity contribution in [2.24, 2.45) is 0 Å². The molecule has 1 heterocycles. The third-order valence-corrected chi connectivity index (χ3v) is 2.57. The molecule has 1 rings (SSSR count). The summed E-state index contributed by atoms with van der Waals surface area (Å²) in [5, 5.41) is 4.78. The summed E-state index contributed by atoms with van der Waals surface area (Å²) in [5.74, 6) is -0.129. The van der Waals surface area contributed by atoms with Gasteiger partial charge in [-0.3, -0.25) is 4.79 Å². The summed E-state index contributed by atoms with van der Waals surface area (Å²) >= 11 is 1.63. The molecule has 0 aromatic carbocycles. The van der Waals surface area contributed by atoms with Gasteiger partial charge in [0.15, 0.2) is 0 Å². The highest BCUT2D eigenvalue weighted by molar-refractivity contribution is 7.10. The third-order valence-electron chi connectivity index (χ3n) is 1.51. The molecule has 0 saturated heterocycles. The van der Waals surface area contributed by atoms with Gasteiger partial charge < -0.3 is 5.32 Å².